The summed E-state index contributed by atoms with van der Waals surface area (Å²) in [5, 5.41) is 6.04. The van der Waals surface area contributed by atoms with Crippen LogP contribution in [0.3, 0.4) is 0 Å². The summed E-state index contributed by atoms with van der Waals surface area (Å²) >= 11 is 13.3. The van der Waals surface area contributed by atoms with Gasteiger partial charge in [0.1, 0.15) is 10.8 Å². The number of nitrogens with one attached hydrogen (secondary N) is 1. The molecule has 0 radical (unpaired) electrons. The SMILES string of the molecule is O=C(Cc1csc(-c2cccc(F)c2)n1)Nc1cc(Cl)ccc1Cl. The van der Waals surface area contributed by atoms with Gasteiger partial charge in [-0.2, -0.15) is 0 Å². The van der Waals surface area contributed by atoms with E-state index >= 15 is 0 Å². The monoisotopic (exact) mass is 380 g/mol. The quantitative estimate of drug-likeness (QED) is 0.654. The fourth-order valence-electron chi connectivity index (χ4n) is 2.09. The standard InChI is InChI=1S/C17H11Cl2FN2OS/c18-11-4-5-14(19)15(7-11)22-16(23)8-13-9-24-17(21-13)10-2-1-3-12(20)6-10/h1-7,9H,8H2,(H,22,23). The molecule has 7 heteroatoms. The van der Waals surface area contributed by atoms with Gasteiger partial charge in [-0.25, -0.2) is 9.37 Å². The van der Waals surface area contributed by atoms with Crippen LogP contribution in [0.25, 0.3) is 10.6 Å². The Morgan fingerprint density at radius 2 is 2.04 bits per heavy atom. The van der Waals surface area contributed by atoms with Gasteiger partial charge < -0.3 is 5.32 Å². The average molecular weight is 381 g/mol. The van der Waals surface area contributed by atoms with Gasteiger partial charge in [-0.1, -0.05) is 35.3 Å². The van der Waals surface area contributed by atoms with E-state index in [-0.39, 0.29) is 18.1 Å². The predicted molar refractivity (Wildman–Crippen MR) is 96.3 cm³/mol. The van der Waals surface area contributed by atoms with E-state index in [1.165, 1.54) is 23.5 Å². The summed E-state index contributed by atoms with van der Waals surface area (Å²) in [6, 6.07) is 11.0. The molecule has 3 nitrogen and oxygen atoms in total. The number of nitrogens with zero attached hydrogens (tertiary/aromatic N) is 1. The molecule has 1 N–H and O–H groups in total. The van der Waals surface area contributed by atoms with Crippen LogP contribution in [-0.2, 0) is 11.2 Å². The third kappa shape index (κ3) is 4.12. The third-order valence-corrected chi connectivity index (χ3v) is 4.67. The smallest absolute Gasteiger partial charge is 0.230 e. The summed E-state index contributed by atoms with van der Waals surface area (Å²) in [7, 11) is 0. The zero-order valence-electron chi connectivity index (χ0n) is 12.2. The van der Waals surface area contributed by atoms with Crippen molar-refractivity contribution in [2.75, 3.05) is 5.32 Å². The highest BCUT2D eigenvalue weighted by atomic mass is 35.5. The van der Waals surface area contributed by atoms with Crippen LogP contribution in [0.1, 0.15) is 5.69 Å². The lowest BCUT2D eigenvalue weighted by molar-refractivity contribution is -0.115. The van der Waals surface area contributed by atoms with Crippen molar-refractivity contribution < 1.29 is 9.18 Å². The minimum Gasteiger partial charge on any atom is -0.324 e. The van der Waals surface area contributed by atoms with Crippen LogP contribution in [0, 0.1) is 5.82 Å². The topological polar surface area (TPSA) is 42.0 Å². The number of amides is 1. The van der Waals surface area contributed by atoms with E-state index in [0.29, 0.717) is 32.0 Å². The number of carbonyl (C=O) groups is 1. The fourth-order valence-corrected chi connectivity index (χ4v) is 3.25. The minimum absolute atomic E-state index is 0.0919. The highest BCUT2D eigenvalue weighted by Gasteiger charge is 2.11. The van der Waals surface area contributed by atoms with Gasteiger partial charge in [0.15, 0.2) is 0 Å². The van der Waals surface area contributed by atoms with Crippen molar-refractivity contribution in [1.82, 2.24) is 4.98 Å². The number of halogens is 3. The first-order valence-electron chi connectivity index (χ1n) is 6.96. The maximum atomic E-state index is 13.3. The van der Waals surface area contributed by atoms with E-state index < -0.39 is 0 Å². The molecular formula is C17H11Cl2FN2OS. The van der Waals surface area contributed by atoms with E-state index in [2.05, 4.69) is 10.3 Å². The molecule has 0 bridgehead atoms. The van der Waals surface area contributed by atoms with Crippen LogP contribution in [0.4, 0.5) is 10.1 Å². The Bertz CT molecular complexity index is 898. The van der Waals surface area contributed by atoms with Crippen molar-refractivity contribution in [1.29, 1.82) is 0 Å². The molecule has 0 saturated carbocycles. The summed E-state index contributed by atoms with van der Waals surface area (Å²) in [4.78, 5) is 16.5. The molecule has 122 valence electrons. The lowest BCUT2D eigenvalue weighted by Gasteiger charge is -2.06. The van der Waals surface area contributed by atoms with E-state index in [1.54, 1.807) is 35.7 Å². The molecule has 3 aromatic rings. The van der Waals surface area contributed by atoms with Crippen molar-refractivity contribution in [3.63, 3.8) is 0 Å². The second-order valence-corrected chi connectivity index (χ2v) is 6.71. The van der Waals surface area contributed by atoms with E-state index in [9.17, 15) is 9.18 Å². The zero-order valence-corrected chi connectivity index (χ0v) is 14.6. The molecule has 24 heavy (non-hydrogen) atoms. The van der Waals surface area contributed by atoms with E-state index in [0.717, 1.165) is 0 Å². The van der Waals surface area contributed by atoms with Crippen LogP contribution in [-0.4, -0.2) is 10.9 Å². The molecule has 1 aromatic heterocycles. The van der Waals surface area contributed by atoms with Crippen LogP contribution in [0.5, 0.6) is 0 Å². The number of hydrogen-bond acceptors (Lipinski definition) is 3. The Morgan fingerprint density at radius 1 is 1.21 bits per heavy atom. The highest BCUT2D eigenvalue weighted by molar-refractivity contribution is 7.13. The first kappa shape index (κ1) is 16.9. The van der Waals surface area contributed by atoms with Crippen LogP contribution < -0.4 is 5.32 Å². The maximum absolute atomic E-state index is 13.3. The Labute approximate surface area is 152 Å². The van der Waals surface area contributed by atoms with Gasteiger partial charge in [0.25, 0.3) is 0 Å². The van der Waals surface area contributed by atoms with Crippen molar-refractivity contribution in [3.8, 4) is 10.6 Å². The Balaban J connectivity index is 1.70. The molecular weight excluding hydrogens is 370 g/mol. The molecule has 0 saturated heterocycles. The minimum atomic E-state index is -0.322. The van der Waals surface area contributed by atoms with Gasteiger partial charge in [-0.3, -0.25) is 4.79 Å². The van der Waals surface area contributed by atoms with Gasteiger partial charge >= 0.3 is 0 Å². The number of benzene rings is 2. The first-order valence-corrected chi connectivity index (χ1v) is 8.60. The van der Waals surface area contributed by atoms with Gasteiger partial charge in [0, 0.05) is 16.0 Å². The van der Waals surface area contributed by atoms with Crippen molar-refractivity contribution in [2.45, 2.75) is 6.42 Å². The Kier molecular flexibility index (Phi) is 5.14. The molecule has 2 aromatic carbocycles. The molecule has 0 aliphatic carbocycles. The van der Waals surface area contributed by atoms with Crippen molar-refractivity contribution >= 4 is 46.1 Å². The number of rotatable bonds is 4. The number of aromatic nitrogens is 1. The molecule has 0 unspecified atom stereocenters. The van der Waals surface area contributed by atoms with E-state index in [4.69, 9.17) is 23.2 Å². The van der Waals surface area contributed by atoms with Gasteiger partial charge in [-0.15, -0.1) is 11.3 Å². The summed E-state index contributed by atoms with van der Waals surface area (Å²) < 4.78 is 13.3. The molecule has 1 amide bonds. The molecule has 0 atom stereocenters. The van der Waals surface area contributed by atoms with Gasteiger partial charge in [0.2, 0.25) is 5.91 Å². The molecule has 3 rings (SSSR count). The Morgan fingerprint density at radius 3 is 2.83 bits per heavy atom. The van der Waals surface area contributed by atoms with Crippen molar-refractivity contribution in [2.24, 2.45) is 0 Å². The molecule has 0 aliphatic heterocycles. The van der Waals surface area contributed by atoms with E-state index in [1.807, 2.05) is 0 Å². The molecule has 0 spiro atoms. The fraction of sp³-hybridized carbons (Fsp3) is 0.0588. The van der Waals surface area contributed by atoms with Crippen LogP contribution >= 0.6 is 34.5 Å². The maximum Gasteiger partial charge on any atom is 0.230 e. The lowest BCUT2D eigenvalue weighted by atomic mass is 10.2. The number of anilines is 1. The van der Waals surface area contributed by atoms with Crippen LogP contribution in [0.15, 0.2) is 47.8 Å². The number of carbonyl (C=O) groups excluding carboxylic acids is 1. The second-order valence-electron chi connectivity index (χ2n) is 5.00. The summed E-state index contributed by atoms with van der Waals surface area (Å²) in [5.41, 5.74) is 1.74. The average Bonchev–Trinajstić information content (AvgIpc) is 2.99. The van der Waals surface area contributed by atoms with Gasteiger partial charge in [0.05, 0.1) is 22.8 Å². The summed E-state index contributed by atoms with van der Waals surface area (Å²) in [6.07, 6.45) is 0.0919. The highest BCUT2D eigenvalue weighted by Crippen LogP contribution is 2.27. The lowest BCUT2D eigenvalue weighted by Crippen LogP contribution is -2.14. The third-order valence-electron chi connectivity index (χ3n) is 3.17. The normalized spacial score (nSPS) is 10.6. The summed E-state index contributed by atoms with van der Waals surface area (Å²) in [6.45, 7) is 0. The second kappa shape index (κ2) is 7.30. The van der Waals surface area contributed by atoms with Gasteiger partial charge in [-0.05, 0) is 30.3 Å². The Hall–Kier alpha value is -1.95. The predicted octanol–water partition coefficient (Wildman–Crippen LogP) is 5.44. The number of thiazole rings is 1. The molecule has 0 aliphatic rings. The molecule has 1 heterocycles. The van der Waals surface area contributed by atoms with Crippen molar-refractivity contribution in [3.05, 3.63) is 69.4 Å². The first-order chi connectivity index (χ1) is 11.5. The van der Waals surface area contributed by atoms with Crippen LogP contribution in [0.2, 0.25) is 10.0 Å². The summed E-state index contributed by atoms with van der Waals surface area (Å²) in [5.74, 6) is -0.576. The molecule has 0 fully saturated rings. The number of hydrogen-bond donors (Lipinski definition) is 1. The largest absolute Gasteiger partial charge is 0.324 e. The zero-order chi connectivity index (χ0) is 17.1.